The minimum Gasteiger partial charge on any atom is -0.345 e. The molecule has 5 nitrogen and oxygen atoms in total. The number of benzene rings is 1. The number of carbonyl (C=O) groups excluding carboxylic acids is 1. The van der Waals surface area contributed by atoms with E-state index in [9.17, 15) is 4.79 Å². The molecule has 1 aliphatic carbocycles. The van der Waals surface area contributed by atoms with Crippen molar-refractivity contribution in [3.63, 3.8) is 0 Å². The number of amides is 1. The summed E-state index contributed by atoms with van der Waals surface area (Å²) < 4.78 is 0. The van der Waals surface area contributed by atoms with Gasteiger partial charge in [0.05, 0.1) is 17.4 Å². The fraction of sp³-hybridized carbons (Fsp3) is 0.500. The summed E-state index contributed by atoms with van der Waals surface area (Å²) in [7, 11) is 1.90. The third kappa shape index (κ3) is 2.65. The van der Waals surface area contributed by atoms with Crippen molar-refractivity contribution in [1.82, 2.24) is 14.9 Å². The van der Waals surface area contributed by atoms with Gasteiger partial charge in [-0.25, -0.2) is 4.98 Å². The molecule has 112 valence electrons. The van der Waals surface area contributed by atoms with Crippen LogP contribution < -0.4 is 5.73 Å². The molecular formula is C16H22N4O. The van der Waals surface area contributed by atoms with Crippen LogP contribution in [-0.2, 0) is 0 Å². The van der Waals surface area contributed by atoms with Crippen LogP contribution in [0, 0.1) is 5.92 Å². The lowest BCUT2D eigenvalue weighted by atomic mass is 9.83. The summed E-state index contributed by atoms with van der Waals surface area (Å²) >= 11 is 0. The van der Waals surface area contributed by atoms with E-state index in [4.69, 9.17) is 5.73 Å². The summed E-state index contributed by atoms with van der Waals surface area (Å²) in [5, 5.41) is 0. The summed E-state index contributed by atoms with van der Waals surface area (Å²) in [6.45, 7) is 0.655. The zero-order valence-corrected chi connectivity index (χ0v) is 12.4. The number of rotatable bonds is 3. The highest BCUT2D eigenvalue weighted by Gasteiger charge is 2.30. The minimum atomic E-state index is 0.0665. The van der Waals surface area contributed by atoms with E-state index < -0.39 is 0 Å². The van der Waals surface area contributed by atoms with Crippen molar-refractivity contribution in [2.24, 2.45) is 11.7 Å². The monoisotopic (exact) mass is 286 g/mol. The van der Waals surface area contributed by atoms with Crippen LogP contribution in [-0.4, -0.2) is 40.4 Å². The number of fused-ring (bicyclic) bond motifs is 1. The van der Waals surface area contributed by atoms with Crippen LogP contribution in [0.25, 0.3) is 11.0 Å². The molecule has 0 saturated heterocycles. The molecule has 3 rings (SSSR count). The molecule has 21 heavy (non-hydrogen) atoms. The van der Waals surface area contributed by atoms with Crippen molar-refractivity contribution in [3.05, 3.63) is 30.1 Å². The average Bonchev–Trinajstić information content (AvgIpc) is 3.00. The van der Waals surface area contributed by atoms with Gasteiger partial charge in [0.1, 0.15) is 0 Å². The predicted octanol–water partition coefficient (Wildman–Crippen LogP) is 2.15. The van der Waals surface area contributed by atoms with Crippen LogP contribution in [0.1, 0.15) is 36.0 Å². The SMILES string of the molecule is CN(C(=O)c1ccc2nc[nH]c2c1)C1CCCCC1CN. The van der Waals surface area contributed by atoms with Crippen molar-refractivity contribution in [1.29, 1.82) is 0 Å². The highest BCUT2D eigenvalue weighted by Crippen LogP contribution is 2.28. The summed E-state index contributed by atoms with van der Waals surface area (Å²) in [5.74, 6) is 0.487. The molecule has 0 bridgehead atoms. The molecule has 1 aliphatic rings. The first kappa shape index (κ1) is 14.1. The fourth-order valence-corrected chi connectivity index (χ4v) is 3.40. The Kier molecular flexibility index (Phi) is 3.92. The van der Waals surface area contributed by atoms with Crippen LogP contribution in [0.5, 0.6) is 0 Å². The van der Waals surface area contributed by atoms with Crippen molar-refractivity contribution in [2.75, 3.05) is 13.6 Å². The molecule has 0 radical (unpaired) electrons. The van der Waals surface area contributed by atoms with Gasteiger partial charge in [0.2, 0.25) is 0 Å². The number of hydrogen-bond donors (Lipinski definition) is 2. The van der Waals surface area contributed by atoms with Gasteiger partial charge in [0.15, 0.2) is 0 Å². The fourth-order valence-electron chi connectivity index (χ4n) is 3.40. The van der Waals surface area contributed by atoms with Gasteiger partial charge in [-0.15, -0.1) is 0 Å². The van der Waals surface area contributed by atoms with Crippen molar-refractivity contribution in [2.45, 2.75) is 31.7 Å². The summed E-state index contributed by atoms with van der Waals surface area (Å²) in [6, 6.07) is 5.87. The van der Waals surface area contributed by atoms with Crippen molar-refractivity contribution >= 4 is 16.9 Å². The Bertz CT molecular complexity index is 636. The molecule has 2 unspecified atom stereocenters. The van der Waals surface area contributed by atoms with Gasteiger partial charge >= 0.3 is 0 Å². The van der Waals surface area contributed by atoms with Gasteiger partial charge in [-0.1, -0.05) is 12.8 Å². The van der Waals surface area contributed by atoms with Gasteiger partial charge < -0.3 is 15.6 Å². The van der Waals surface area contributed by atoms with Gasteiger partial charge in [-0.2, -0.15) is 0 Å². The maximum absolute atomic E-state index is 12.7. The second-order valence-corrected chi connectivity index (χ2v) is 5.90. The van der Waals surface area contributed by atoms with E-state index >= 15 is 0 Å². The second kappa shape index (κ2) is 5.85. The topological polar surface area (TPSA) is 75.0 Å². The highest BCUT2D eigenvalue weighted by molar-refractivity contribution is 5.97. The smallest absolute Gasteiger partial charge is 0.253 e. The lowest BCUT2D eigenvalue weighted by molar-refractivity contribution is 0.0620. The standard InChI is InChI=1S/C16H22N4O/c1-20(15-5-3-2-4-12(15)9-17)16(21)11-6-7-13-14(8-11)19-10-18-13/h6-8,10,12,15H,2-5,9,17H2,1H3,(H,18,19). The molecule has 1 aromatic heterocycles. The minimum absolute atomic E-state index is 0.0665. The van der Waals surface area contributed by atoms with Gasteiger partial charge in [-0.05, 0) is 43.5 Å². The van der Waals surface area contributed by atoms with Crippen LogP contribution in [0.4, 0.5) is 0 Å². The predicted molar refractivity (Wildman–Crippen MR) is 83.0 cm³/mol. The largest absolute Gasteiger partial charge is 0.345 e. The van der Waals surface area contributed by atoms with E-state index in [1.165, 1.54) is 12.8 Å². The van der Waals surface area contributed by atoms with Crippen LogP contribution in [0.15, 0.2) is 24.5 Å². The number of nitrogens with two attached hydrogens (primary N) is 1. The van der Waals surface area contributed by atoms with Gasteiger partial charge in [0.25, 0.3) is 5.91 Å². The Labute approximate surface area is 124 Å². The number of aromatic amines is 1. The third-order valence-corrected chi connectivity index (χ3v) is 4.66. The second-order valence-electron chi connectivity index (χ2n) is 5.90. The number of nitrogens with zero attached hydrogens (tertiary/aromatic N) is 2. The summed E-state index contributed by atoms with van der Waals surface area (Å²) in [6.07, 6.45) is 6.22. The van der Waals surface area contributed by atoms with E-state index in [2.05, 4.69) is 9.97 Å². The Morgan fingerprint density at radius 2 is 2.24 bits per heavy atom. The zero-order chi connectivity index (χ0) is 14.8. The molecule has 1 fully saturated rings. The van der Waals surface area contributed by atoms with Gasteiger partial charge in [-0.3, -0.25) is 4.79 Å². The number of nitrogens with one attached hydrogen (secondary N) is 1. The molecule has 2 atom stereocenters. The van der Waals surface area contributed by atoms with E-state index in [-0.39, 0.29) is 11.9 Å². The summed E-state index contributed by atoms with van der Waals surface area (Å²) in [4.78, 5) is 21.8. The first-order chi connectivity index (χ1) is 10.2. The zero-order valence-electron chi connectivity index (χ0n) is 12.4. The molecule has 0 aliphatic heterocycles. The molecule has 5 heteroatoms. The van der Waals surface area contributed by atoms with E-state index in [0.717, 1.165) is 23.9 Å². The first-order valence-corrected chi connectivity index (χ1v) is 7.61. The molecule has 2 aromatic rings. The van der Waals surface area contributed by atoms with Crippen LogP contribution in [0.2, 0.25) is 0 Å². The number of H-pyrrole nitrogens is 1. The number of hydrogen-bond acceptors (Lipinski definition) is 3. The van der Waals surface area contributed by atoms with Gasteiger partial charge in [0, 0.05) is 18.7 Å². The molecule has 1 heterocycles. The van der Waals surface area contributed by atoms with Crippen LogP contribution in [0.3, 0.4) is 0 Å². The average molecular weight is 286 g/mol. The number of aromatic nitrogens is 2. The Morgan fingerprint density at radius 1 is 1.43 bits per heavy atom. The van der Waals surface area contributed by atoms with E-state index in [1.807, 2.05) is 30.1 Å². The summed E-state index contributed by atoms with van der Waals surface area (Å²) in [5.41, 5.74) is 8.36. The van der Waals surface area contributed by atoms with Crippen molar-refractivity contribution < 1.29 is 4.79 Å². The molecule has 1 aromatic carbocycles. The Balaban J connectivity index is 1.82. The number of carbonyl (C=O) groups is 1. The van der Waals surface area contributed by atoms with E-state index in [0.29, 0.717) is 18.0 Å². The molecular weight excluding hydrogens is 264 g/mol. The molecule has 1 amide bonds. The maximum atomic E-state index is 12.7. The number of imidazole rings is 1. The van der Waals surface area contributed by atoms with Crippen molar-refractivity contribution in [3.8, 4) is 0 Å². The molecule has 3 N–H and O–H groups in total. The van der Waals surface area contributed by atoms with E-state index in [1.54, 1.807) is 6.33 Å². The quantitative estimate of drug-likeness (QED) is 0.908. The third-order valence-electron chi connectivity index (χ3n) is 4.66. The normalized spacial score (nSPS) is 22.4. The molecule has 1 saturated carbocycles. The first-order valence-electron chi connectivity index (χ1n) is 7.61. The Hall–Kier alpha value is -1.88. The lowest BCUT2D eigenvalue weighted by Gasteiger charge is -2.37. The van der Waals surface area contributed by atoms with Crippen LogP contribution >= 0.6 is 0 Å². The Morgan fingerprint density at radius 3 is 3.05 bits per heavy atom. The lowest BCUT2D eigenvalue weighted by Crippen LogP contribution is -2.45. The highest BCUT2D eigenvalue weighted by atomic mass is 16.2. The maximum Gasteiger partial charge on any atom is 0.253 e. The molecule has 0 spiro atoms.